The van der Waals surface area contributed by atoms with Gasteiger partial charge in [-0.25, -0.2) is 17.9 Å². The molecule has 2 aromatic rings. The van der Waals surface area contributed by atoms with Gasteiger partial charge in [0, 0.05) is 17.8 Å². The van der Waals surface area contributed by atoms with Crippen molar-refractivity contribution in [1.82, 2.24) is 0 Å². The molecule has 2 heterocycles. The van der Waals surface area contributed by atoms with Crippen LogP contribution in [0.25, 0.3) is 0 Å². The maximum Gasteiger partial charge on any atom is 0.246 e. The monoisotopic (exact) mass is 405 g/mol. The molecule has 2 N–H and O–H groups in total. The number of carbonyl (C=O) groups is 1. The van der Waals surface area contributed by atoms with E-state index in [4.69, 9.17) is 9.88 Å². The van der Waals surface area contributed by atoms with Gasteiger partial charge in [-0.3, -0.25) is 4.79 Å². The first-order chi connectivity index (χ1) is 13.2. The molecule has 0 saturated heterocycles. The molecule has 1 unspecified atom stereocenters. The second-order valence-corrected chi connectivity index (χ2v) is 8.60. The summed E-state index contributed by atoms with van der Waals surface area (Å²) in [6, 6.07) is 8.67. The number of nitrogens with two attached hydrogens (primary N) is 1. The zero-order valence-corrected chi connectivity index (χ0v) is 16.1. The number of primary sulfonamides is 1. The van der Waals surface area contributed by atoms with E-state index in [0.29, 0.717) is 36.7 Å². The third-order valence-corrected chi connectivity index (χ3v) is 5.98. The molecule has 0 aromatic heterocycles. The van der Waals surface area contributed by atoms with Crippen molar-refractivity contribution >= 4 is 27.3 Å². The predicted molar refractivity (Wildman–Crippen MR) is 103 cm³/mol. The molecule has 28 heavy (non-hydrogen) atoms. The number of hydrogen-bond acceptors (Lipinski definition) is 5. The average molecular weight is 405 g/mol. The summed E-state index contributed by atoms with van der Waals surface area (Å²) in [5, 5.41) is 5.20. The lowest BCUT2D eigenvalue weighted by Crippen LogP contribution is -2.45. The van der Waals surface area contributed by atoms with Crippen molar-refractivity contribution in [2.24, 2.45) is 5.14 Å². The van der Waals surface area contributed by atoms with E-state index >= 15 is 0 Å². The first-order valence-electron chi connectivity index (χ1n) is 8.89. The van der Waals surface area contributed by atoms with Gasteiger partial charge in [0.2, 0.25) is 15.9 Å². The third kappa shape index (κ3) is 3.31. The van der Waals surface area contributed by atoms with E-state index in [2.05, 4.69) is 0 Å². The molecule has 0 aliphatic carbocycles. The summed E-state index contributed by atoms with van der Waals surface area (Å²) in [6.07, 6.45) is 0.540. The van der Waals surface area contributed by atoms with Gasteiger partial charge in [0.05, 0.1) is 23.7 Å². The van der Waals surface area contributed by atoms with Gasteiger partial charge in [-0.05, 0) is 49.2 Å². The summed E-state index contributed by atoms with van der Waals surface area (Å²) in [5.74, 6) is 0.0111. The molecule has 2 aliphatic rings. The standard InChI is InChI=1S/C19H20FN3O4S/c1-12-8-13-9-15(28(21,25)26)3-4-16(13)23(12)19(24)11-22-6-7-27-18-5-2-14(20)10-17(18)22/h2-5,9-10,12H,6-8,11H2,1H3,(H2,21,25,26). The molecule has 0 spiro atoms. The van der Waals surface area contributed by atoms with Gasteiger partial charge < -0.3 is 14.5 Å². The molecule has 1 atom stereocenters. The molecule has 9 heteroatoms. The van der Waals surface area contributed by atoms with Gasteiger partial charge in [-0.2, -0.15) is 0 Å². The number of halogens is 1. The second kappa shape index (κ2) is 6.75. The second-order valence-electron chi connectivity index (χ2n) is 7.03. The highest BCUT2D eigenvalue weighted by molar-refractivity contribution is 7.89. The molecule has 7 nitrogen and oxygen atoms in total. The number of rotatable bonds is 3. The van der Waals surface area contributed by atoms with E-state index in [0.717, 1.165) is 5.56 Å². The zero-order chi connectivity index (χ0) is 20.1. The van der Waals surface area contributed by atoms with E-state index in [1.807, 2.05) is 6.92 Å². The molecule has 2 aliphatic heterocycles. The first kappa shape index (κ1) is 18.7. The van der Waals surface area contributed by atoms with Crippen molar-refractivity contribution in [3.05, 3.63) is 47.8 Å². The van der Waals surface area contributed by atoms with Crippen molar-refractivity contribution < 1.29 is 22.3 Å². The minimum absolute atomic E-state index is 0.0327. The Kier molecular flexibility index (Phi) is 4.51. The van der Waals surface area contributed by atoms with Gasteiger partial charge in [-0.1, -0.05) is 0 Å². The van der Waals surface area contributed by atoms with Gasteiger partial charge in [0.15, 0.2) is 0 Å². The molecule has 4 rings (SSSR count). The maximum atomic E-state index is 13.7. The zero-order valence-electron chi connectivity index (χ0n) is 15.3. The normalized spacial score (nSPS) is 18.5. The fourth-order valence-electron chi connectivity index (χ4n) is 3.81. The van der Waals surface area contributed by atoms with Crippen LogP contribution in [0.4, 0.5) is 15.8 Å². The van der Waals surface area contributed by atoms with Crippen LogP contribution in [-0.4, -0.2) is 40.1 Å². The van der Waals surface area contributed by atoms with E-state index in [-0.39, 0.29) is 23.4 Å². The summed E-state index contributed by atoms with van der Waals surface area (Å²) >= 11 is 0. The van der Waals surface area contributed by atoms with Crippen LogP contribution < -0.4 is 19.7 Å². The van der Waals surface area contributed by atoms with Crippen LogP contribution >= 0.6 is 0 Å². The fourth-order valence-corrected chi connectivity index (χ4v) is 4.38. The van der Waals surface area contributed by atoms with Gasteiger partial charge in [0.25, 0.3) is 0 Å². The largest absolute Gasteiger partial charge is 0.490 e. The number of hydrogen-bond donors (Lipinski definition) is 1. The molecule has 1 amide bonds. The van der Waals surface area contributed by atoms with E-state index in [1.54, 1.807) is 21.9 Å². The average Bonchev–Trinajstić information content (AvgIpc) is 2.96. The van der Waals surface area contributed by atoms with Gasteiger partial charge >= 0.3 is 0 Å². The molecule has 0 radical (unpaired) electrons. The number of nitrogens with zero attached hydrogens (tertiary/aromatic N) is 2. The minimum atomic E-state index is -3.80. The Hall–Kier alpha value is -2.65. The number of carbonyl (C=O) groups excluding carboxylic acids is 1. The van der Waals surface area contributed by atoms with Crippen molar-refractivity contribution in [3.63, 3.8) is 0 Å². The Labute approximate surface area is 162 Å². The lowest BCUT2D eigenvalue weighted by molar-refractivity contribution is -0.117. The van der Waals surface area contributed by atoms with Crippen molar-refractivity contribution in [2.45, 2.75) is 24.3 Å². The summed E-state index contributed by atoms with van der Waals surface area (Å²) in [7, 11) is -3.80. The first-order valence-corrected chi connectivity index (χ1v) is 10.4. The maximum absolute atomic E-state index is 13.7. The van der Waals surface area contributed by atoms with E-state index in [1.165, 1.54) is 24.3 Å². The molecule has 0 fully saturated rings. The smallest absolute Gasteiger partial charge is 0.246 e. The fraction of sp³-hybridized carbons (Fsp3) is 0.316. The highest BCUT2D eigenvalue weighted by atomic mass is 32.2. The molecule has 0 bridgehead atoms. The summed E-state index contributed by atoms with van der Waals surface area (Å²) < 4.78 is 42.4. The van der Waals surface area contributed by atoms with Crippen LogP contribution in [0, 0.1) is 5.82 Å². The number of anilines is 2. The lowest BCUT2D eigenvalue weighted by atomic mass is 10.1. The van der Waals surface area contributed by atoms with Crippen LogP contribution in [-0.2, 0) is 21.2 Å². The number of ether oxygens (including phenoxy) is 1. The van der Waals surface area contributed by atoms with Crippen LogP contribution in [0.5, 0.6) is 5.75 Å². The van der Waals surface area contributed by atoms with Crippen molar-refractivity contribution in [1.29, 1.82) is 0 Å². The van der Waals surface area contributed by atoms with Gasteiger partial charge in [0.1, 0.15) is 18.2 Å². The summed E-state index contributed by atoms with van der Waals surface area (Å²) in [6.45, 7) is 2.86. The van der Waals surface area contributed by atoms with E-state index < -0.39 is 15.8 Å². The Morgan fingerprint density at radius 2 is 2.04 bits per heavy atom. The third-order valence-electron chi connectivity index (χ3n) is 5.07. The Balaban J connectivity index is 1.60. The van der Waals surface area contributed by atoms with Crippen molar-refractivity contribution in [2.75, 3.05) is 29.5 Å². The van der Waals surface area contributed by atoms with Crippen LogP contribution in [0.3, 0.4) is 0 Å². The van der Waals surface area contributed by atoms with Gasteiger partial charge in [-0.15, -0.1) is 0 Å². The topological polar surface area (TPSA) is 92.9 Å². The van der Waals surface area contributed by atoms with E-state index in [9.17, 15) is 17.6 Å². The molecular weight excluding hydrogens is 385 g/mol. The SMILES string of the molecule is CC1Cc2cc(S(N)(=O)=O)ccc2N1C(=O)CN1CCOc2ccc(F)cc21. The number of sulfonamides is 1. The van der Waals surface area contributed by atoms with Crippen LogP contribution in [0.1, 0.15) is 12.5 Å². The summed E-state index contributed by atoms with van der Waals surface area (Å²) in [4.78, 5) is 16.6. The highest BCUT2D eigenvalue weighted by Gasteiger charge is 2.33. The number of amides is 1. The Morgan fingerprint density at radius 3 is 2.79 bits per heavy atom. The van der Waals surface area contributed by atoms with Crippen LogP contribution in [0.15, 0.2) is 41.3 Å². The number of fused-ring (bicyclic) bond motifs is 2. The number of benzene rings is 2. The lowest BCUT2D eigenvalue weighted by Gasteiger charge is -2.33. The minimum Gasteiger partial charge on any atom is -0.490 e. The molecule has 148 valence electrons. The Morgan fingerprint density at radius 1 is 1.25 bits per heavy atom. The molecular formula is C19H20FN3O4S. The summed E-state index contributed by atoms with van der Waals surface area (Å²) in [5.41, 5.74) is 2.00. The van der Waals surface area contributed by atoms with Crippen molar-refractivity contribution in [3.8, 4) is 5.75 Å². The highest BCUT2D eigenvalue weighted by Crippen LogP contribution is 2.35. The Bertz CT molecular complexity index is 1060. The van der Waals surface area contributed by atoms with Crippen LogP contribution in [0.2, 0.25) is 0 Å². The molecule has 2 aromatic carbocycles. The predicted octanol–water partition coefficient (Wildman–Crippen LogP) is 1.65. The quantitative estimate of drug-likeness (QED) is 0.838. The molecule has 0 saturated carbocycles.